The Morgan fingerprint density at radius 3 is 3.00 bits per heavy atom. The molecule has 1 aromatic heterocycles. The number of ether oxygens (including phenoxy) is 1. The van der Waals surface area contributed by atoms with Crippen LogP contribution in [0.1, 0.15) is 23.2 Å². The van der Waals surface area contributed by atoms with E-state index in [2.05, 4.69) is 5.32 Å². The highest BCUT2D eigenvalue weighted by Crippen LogP contribution is 2.26. The molecule has 9 heteroatoms. The number of amides is 2. The third-order valence-corrected chi connectivity index (χ3v) is 5.71. The van der Waals surface area contributed by atoms with E-state index < -0.39 is 12.2 Å². The van der Waals surface area contributed by atoms with Crippen LogP contribution in [-0.2, 0) is 4.79 Å². The molecule has 3 heterocycles. The van der Waals surface area contributed by atoms with Gasteiger partial charge in [0.1, 0.15) is 29.8 Å². The standard InChI is InChI=1S/C21H23FN4O4/c1-29-16-2-3-17-18(12-30-19(17)7-16)21(28)24-14-4-5-25(10-14)11-20(27)26-9-13(22)6-15(26)8-23/h2-3,7,12-15H,4-6,9-11H2,1H3,(H,24,28)/t13-,14-,15?/m0/s1. The molecular formula is C21H23FN4O4. The first kappa shape index (κ1) is 20.2. The van der Waals surface area contributed by atoms with Gasteiger partial charge in [0.2, 0.25) is 5.91 Å². The number of furan rings is 1. The Kier molecular flexibility index (Phi) is 5.59. The van der Waals surface area contributed by atoms with E-state index in [1.165, 1.54) is 11.2 Å². The summed E-state index contributed by atoms with van der Waals surface area (Å²) in [6.45, 7) is 1.25. The molecule has 1 N–H and O–H groups in total. The van der Waals surface area contributed by atoms with Gasteiger partial charge in [-0.1, -0.05) is 0 Å². The number of carbonyl (C=O) groups excluding carboxylic acids is 2. The number of methoxy groups -OCH3 is 1. The Hall–Kier alpha value is -3.12. The van der Waals surface area contributed by atoms with Crippen LogP contribution in [0.25, 0.3) is 11.0 Å². The van der Waals surface area contributed by atoms with E-state index in [0.717, 1.165) is 0 Å². The van der Waals surface area contributed by atoms with Gasteiger partial charge in [-0.2, -0.15) is 5.26 Å². The van der Waals surface area contributed by atoms with E-state index in [1.54, 1.807) is 25.3 Å². The lowest BCUT2D eigenvalue weighted by Crippen LogP contribution is -2.43. The van der Waals surface area contributed by atoms with Gasteiger partial charge in [0, 0.05) is 37.0 Å². The molecule has 4 rings (SSSR count). The zero-order chi connectivity index (χ0) is 21.3. The van der Waals surface area contributed by atoms with Crippen molar-refractivity contribution >= 4 is 22.8 Å². The molecule has 0 bridgehead atoms. The number of alkyl halides is 1. The quantitative estimate of drug-likeness (QED) is 0.800. The van der Waals surface area contributed by atoms with Gasteiger partial charge >= 0.3 is 0 Å². The normalized spacial score (nSPS) is 24.2. The van der Waals surface area contributed by atoms with Crippen molar-refractivity contribution in [3.63, 3.8) is 0 Å². The number of hydrogen-bond donors (Lipinski definition) is 1. The molecule has 2 fully saturated rings. The van der Waals surface area contributed by atoms with Gasteiger partial charge in [-0.05, 0) is 18.6 Å². The molecule has 0 aliphatic carbocycles. The minimum Gasteiger partial charge on any atom is -0.497 e. The van der Waals surface area contributed by atoms with E-state index in [1.807, 2.05) is 11.0 Å². The zero-order valence-corrected chi connectivity index (χ0v) is 16.6. The first-order valence-electron chi connectivity index (χ1n) is 9.90. The molecule has 0 saturated carbocycles. The number of likely N-dealkylation sites (tertiary alicyclic amines) is 2. The highest BCUT2D eigenvalue weighted by Gasteiger charge is 2.36. The molecule has 2 amide bonds. The number of rotatable bonds is 5. The predicted octanol–water partition coefficient (Wildman–Crippen LogP) is 1.71. The molecule has 8 nitrogen and oxygen atoms in total. The summed E-state index contributed by atoms with van der Waals surface area (Å²) in [6, 6.07) is 6.48. The van der Waals surface area contributed by atoms with Crippen molar-refractivity contribution in [1.82, 2.24) is 15.1 Å². The monoisotopic (exact) mass is 414 g/mol. The summed E-state index contributed by atoms with van der Waals surface area (Å²) in [5, 5.41) is 12.8. The van der Waals surface area contributed by atoms with Gasteiger partial charge in [-0.25, -0.2) is 4.39 Å². The van der Waals surface area contributed by atoms with Crippen molar-refractivity contribution in [3.05, 3.63) is 30.0 Å². The van der Waals surface area contributed by atoms with Crippen LogP contribution in [0.3, 0.4) is 0 Å². The fourth-order valence-corrected chi connectivity index (χ4v) is 4.13. The van der Waals surface area contributed by atoms with Gasteiger partial charge in [-0.15, -0.1) is 0 Å². The summed E-state index contributed by atoms with van der Waals surface area (Å²) >= 11 is 0. The lowest BCUT2D eigenvalue weighted by molar-refractivity contribution is -0.132. The molecule has 158 valence electrons. The van der Waals surface area contributed by atoms with Crippen molar-refractivity contribution in [2.24, 2.45) is 0 Å². The molecule has 0 radical (unpaired) electrons. The van der Waals surface area contributed by atoms with Crippen LogP contribution in [-0.4, -0.2) is 73.2 Å². The predicted molar refractivity (Wildman–Crippen MR) is 106 cm³/mol. The molecule has 2 aromatic rings. The third-order valence-electron chi connectivity index (χ3n) is 5.71. The van der Waals surface area contributed by atoms with Gasteiger partial charge in [0.15, 0.2) is 0 Å². The van der Waals surface area contributed by atoms with Crippen molar-refractivity contribution < 1.29 is 23.1 Å². The van der Waals surface area contributed by atoms with Crippen molar-refractivity contribution in [2.75, 3.05) is 33.3 Å². The van der Waals surface area contributed by atoms with Gasteiger partial charge in [0.25, 0.3) is 5.91 Å². The summed E-state index contributed by atoms with van der Waals surface area (Å²) in [5.74, 6) is 0.167. The number of benzene rings is 1. The van der Waals surface area contributed by atoms with Gasteiger partial charge in [-0.3, -0.25) is 14.5 Å². The Bertz CT molecular complexity index is 1000. The van der Waals surface area contributed by atoms with E-state index >= 15 is 0 Å². The van der Waals surface area contributed by atoms with Crippen LogP contribution in [0.2, 0.25) is 0 Å². The molecule has 30 heavy (non-hydrogen) atoms. The minimum absolute atomic E-state index is 0.0244. The number of carbonyl (C=O) groups is 2. The number of fused-ring (bicyclic) bond motifs is 1. The lowest BCUT2D eigenvalue weighted by atomic mass is 10.1. The summed E-state index contributed by atoms with van der Waals surface area (Å²) < 4.78 is 24.2. The van der Waals surface area contributed by atoms with Crippen LogP contribution in [0.4, 0.5) is 4.39 Å². The zero-order valence-electron chi connectivity index (χ0n) is 16.6. The average Bonchev–Trinajstić information content (AvgIpc) is 3.45. The lowest BCUT2D eigenvalue weighted by Gasteiger charge is -2.23. The molecule has 0 spiro atoms. The molecule has 3 atom stereocenters. The minimum atomic E-state index is -1.14. The molecule has 1 unspecified atom stereocenters. The van der Waals surface area contributed by atoms with E-state index in [9.17, 15) is 14.0 Å². The number of hydrogen-bond acceptors (Lipinski definition) is 6. The number of halogens is 1. The second kappa shape index (κ2) is 8.32. The average molecular weight is 414 g/mol. The molecule has 2 saturated heterocycles. The first-order chi connectivity index (χ1) is 14.5. The van der Waals surface area contributed by atoms with Crippen LogP contribution in [0.15, 0.2) is 28.9 Å². The summed E-state index contributed by atoms with van der Waals surface area (Å²) in [6.07, 6.45) is 1.06. The number of nitrogens with one attached hydrogen (secondary N) is 1. The van der Waals surface area contributed by atoms with Crippen molar-refractivity contribution in [1.29, 1.82) is 5.26 Å². The second-order valence-electron chi connectivity index (χ2n) is 7.73. The van der Waals surface area contributed by atoms with Crippen LogP contribution < -0.4 is 10.1 Å². The fourth-order valence-electron chi connectivity index (χ4n) is 4.13. The van der Waals surface area contributed by atoms with Crippen molar-refractivity contribution in [2.45, 2.75) is 31.1 Å². The van der Waals surface area contributed by atoms with E-state index in [0.29, 0.717) is 41.8 Å². The maximum atomic E-state index is 13.6. The Balaban J connectivity index is 1.33. The van der Waals surface area contributed by atoms with Gasteiger partial charge in [0.05, 0.1) is 31.8 Å². The Morgan fingerprint density at radius 1 is 1.40 bits per heavy atom. The topological polar surface area (TPSA) is 98.8 Å². The maximum Gasteiger partial charge on any atom is 0.255 e. The van der Waals surface area contributed by atoms with Crippen molar-refractivity contribution in [3.8, 4) is 11.8 Å². The fraction of sp³-hybridized carbons (Fsp3) is 0.476. The highest BCUT2D eigenvalue weighted by molar-refractivity contribution is 6.06. The summed E-state index contributed by atoms with van der Waals surface area (Å²) in [5.41, 5.74) is 1.02. The first-order valence-corrected chi connectivity index (χ1v) is 9.90. The number of nitriles is 1. The maximum absolute atomic E-state index is 13.6. The van der Waals surface area contributed by atoms with E-state index in [4.69, 9.17) is 14.4 Å². The largest absolute Gasteiger partial charge is 0.497 e. The van der Waals surface area contributed by atoms with Gasteiger partial charge < -0.3 is 19.4 Å². The summed E-state index contributed by atoms with van der Waals surface area (Å²) in [4.78, 5) is 28.4. The molecular weight excluding hydrogens is 391 g/mol. The molecule has 2 aliphatic rings. The number of nitrogens with zero attached hydrogens (tertiary/aromatic N) is 3. The summed E-state index contributed by atoms with van der Waals surface area (Å²) in [7, 11) is 1.56. The van der Waals surface area contributed by atoms with Crippen LogP contribution in [0, 0.1) is 11.3 Å². The van der Waals surface area contributed by atoms with Crippen LogP contribution >= 0.6 is 0 Å². The Labute approximate surface area is 173 Å². The highest BCUT2D eigenvalue weighted by atomic mass is 19.1. The van der Waals surface area contributed by atoms with Crippen LogP contribution in [0.5, 0.6) is 5.75 Å². The molecule has 1 aromatic carbocycles. The smallest absolute Gasteiger partial charge is 0.255 e. The SMILES string of the molecule is COc1ccc2c(C(=O)N[C@H]3CCN(CC(=O)N4C[C@@H](F)CC4C#N)C3)coc2c1. The third kappa shape index (κ3) is 3.96. The molecule has 2 aliphatic heterocycles. The van der Waals surface area contributed by atoms with E-state index in [-0.39, 0.29) is 37.4 Å². The second-order valence-corrected chi connectivity index (χ2v) is 7.73. The Morgan fingerprint density at radius 2 is 2.23 bits per heavy atom.